The minimum absolute atomic E-state index is 0.0869. The Morgan fingerprint density at radius 3 is 2.28 bits per heavy atom. The molecule has 0 aliphatic carbocycles. The number of fused-ring (bicyclic) bond motifs is 1. The molecule has 0 aromatic heterocycles. The molecule has 5 rings (SSSR count). The van der Waals surface area contributed by atoms with Gasteiger partial charge in [-0.3, -0.25) is 4.79 Å². The first kappa shape index (κ1) is 21.0. The Labute approximate surface area is 193 Å². The summed E-state index contributed by atoms with van der Waals surface area (Å²) in [5.41, 5.74) is 0.779. The van der Waals surface area contributed by atoms with E-state index in [0.717, 1.165) is 18.9 Å². The van der Waals surface area contributed by atoms with Crippen LogP contribution in [-0.2, 0) is 5.79 Å². The summed E-state index contributed by atoms with van der Waals surface area (Å²) in [6.07, 6.45) is 1.78. The molecular formula is C24H18Cl2F2NO3+. The molecule has 1 saturated heterocycles. The number of likely N-dealkylation sites (tertiary alicyclic amines) is 1. The van der Waals surface area contributed by atoms with Gasteiger partial charge in [-0.05, 0) is 49.2 Å². The van der Waals surface area contributed by atoms with Gasteiger partial charge in [0, 0.05) is 36.9 Å². The van der Waals surface area contributed by atoms with Gasteiger partial charge in [0.2, 0.25) is 5.02 Å². The van der Waals surface area contributed by atoms with Crippen LogP contribution in [0.25, 0.3) is 0 Å². The number of carbonyl (C=O) groups is 1. The van der Waals surface area contributed by atoms with Crippen molar-refractivity contribution in [2.45, 2.75) is 18.6 Å². The third-order valence-corrected chi connectivity index (χ3v) is 6.25. The summed E-state index contributed by atoms with van der Waals surface area (Å²) in [5.74, 6) is -2.82. The number of halogens is 4. The largest absolute Gasteiger partial charge is 0.440 e. The van der Waals surface area contributed by atoms with Gasteiger partial charge in [0.05, 0.1) is 16.1 Å². The molecule has 32 heavy (non-hydrogen) atoms. The molecule has 0 bridgehead atoms. The van der Waals surface area contributed by atoms with Crippen LogP contribution in [0.5, 0.6) is 11.5 Å². The van der Waals surface area contributed by atoms with Crippen LogP contribution in [-0.4, -0.2) is 23.9 Å². The third-order valence-electron chi connectivity index (χ3n) is 5.68. The second kappa shape index (κ2) is 7.94. The van der Waals surface area contributed by atoms with Crippen LogP contribution in [0.15, 0.2) is 54.6 Å². The van der Waals surface area contributed by atoms with Gasteiger partial charge >= 0.3 is 5.79 Å². The van der Waals surface area contributed by atoms with Crippen LogP contribution in [0.1, 0.15) is 34.3 Å². The fourth-order valence-corrected chi connectivity index (χ4v) is 4.65. The smallest absolute Gasteiger partial charge is 0.307 e. The number of hydrogen-bond acceptors (Lipinski definition) is 3. The lowest BCUT2D eigenvalue weighted by Crippen LogP contribution is -2.37. The Morgan fingerprint density at radius 2 is 1.62 bits per heavy atom. The second-order valence-electron chi connectivity index (χ2n) is 7.75. The zero-order valence-electron chi connectivity index (χ0n) is 16.7. The molecule has 1 unspecified atom stereocenters. The Kier molecular flexibility index (Phi) is 5.22. The average molecular weight is 477 g/mol. The number of carbonyl (C=O) groups excluding carboxylic acids is 1. The Bertz CT molecular complexity index is 1210. The Hall–Kier alpha value is -2.83. The maximum Gasteiger partial charge on any atom is 0.307 e. The van der Waals surface area contributed by atoms with E-state index in [1.54, 1.807) is 23.1 Å². The van der Waals surface area contributed by atoms with Gasteiger partial charge in [0.15, 0.2) is 23.1 Å². The molecule has 164 valence electrons. The maximum atomic E-state index is 14.9. The molecule has 0 N–H and O–H groups in total. The quantitative estimate of drug-likeness (QED) is 0.519. The number of benzene rings is 3. The van der Waals surface area contributed by atoms with Crippen molar-refractivity contribution in [2.75, 3.05) is 13.1 Å². The summed E-state index contributed by atoms with van der Waals surface area (Å²) in [6, 6.07) is 12.9. The molecule has 1 atom stereocenters. The maximum absolute atomic E-state index is 14.9. The fraction of sp³-hybridized carbons (Fsp3) is 0.208. The van der Waals surface area contributed by atoms with Gasteiger partial charge in [-0.2, -0.15) is 0 Å². The minimum atomic E-state index is -1.60. The van der Waals surface area contributed by atoms with Crippen LogP contribution in [0.2, 0.25) is 10.0 Å². The number of hydrogen-bond donors (Lipinski definition) is 0. The normalized spacial score (nSPS) is 19.4. The summed E-state index contributed by atoms with van der Waals surface area (Å²) in [4.78, 5) is 14.4. The molecule has 0 saturated carbocycles. The predicted octanol–water partition coefficient (Wildman–Crippen LogP) is 5.22. The van der Waals surface area contributed by atoms with Gasteiger partial charge in [0.1, 0.15) is 11.6 Å². The number of amides is 1. The van der Waals surface area contributed by atoms with Crippen molar-refractivity contribution in [1.82, 2.24) is 4.90 Å². The van der Waals surface area contributed by atoms with Crippen LogP contribution in [0, 0.1) is 23.2 Å². The summed E-state index contributed by atoms with van der Waals surface area (Å²) in [6.45, 7) is 1.19. The highest BCUT2D eigenvalue weighted by Crippen LogP contribution is 2.50. The Morgan fingerprint density at radius 1 is 0.969 bits per heavy atom. The van der Waals surface area contributed by atoms with Crippen LogP contribution >= 0.6 is 11.6 Å². The van der Waals surface area contributed by atoms with Crippen LogP contribution in [0.3, 0.4) is 0 Å². The standard InChI is InChI=1S/C24H18Cl2F2NO3/c25-15-5-8-18(19(26)11-15)24(14-3-6-16(27)7-4-14)31-21-12-17(20(28)13-22(21)32-24)23(30)29-9-1-2-10-29/h3-8,11-13,25H,1-2,9-10H2/q+1. The van der Waals surface area contributed by atoms with Crippen molar-refractivity contribution < 1.29 is 34.7 Å². The first-order valence-corrected chi connectivity index (χ1v) is 10.9. The van der Waals surface area contributed by atoms with Crippen molar-refractivity contribution in [1.29, 1.82) is 0 Å². The molecular weight excluding hydrogens is 459 g/mol. The molecule has 4 nitrogen and oxygen atoms in total. The van der Waals surface area contributed by atoms with E-state index in [-0.39, 0.29) is 28.0 Å². The van der Waals surface area contributed by atoms with Gasteiger partial charge in [-0.15, -0.1) is 0 Å². The van der Waals surface area contributed by atoms with Gasteiger partial charge in [0.25, 0.3) is 5.91 Å². The first-order chi connectivity index (χ1) is 15.4. The van der Waals surface area contributed by atoms with E-state index in [9.17, 15) is 13.6 Å². The van der Waals surface area contributed by atoms with Crippen molar-refractivity contribution in [2.24, 2.45) is 0 Å². The summed E-state index contributed by atoms with van der Waals surface area (Å²) < 4.78 is 40.9. The lowest BCUT2D eigenvalue weighted by atomic mass is 9.97. The van der Waals surface area contributed by atoms with E-state index in [1.165, 1.54) is 30.3 Å². The minimum Gasteiger partial charge on any atom is -0.440 e. The topological polar surface area (TPSA) is 38.8 Å². The number of rotatable bonds is 3. The zero-order chi connectivity index (χ0) is 22.5. The highest BCUT2D eigenvalue weighted by molar-refractivity contribution is 6.31. The second-order valence-corrected chi connectivity index (χ2v) is 8.63. The molecule has 0 radical (unpaired) electrons. The predicted molar refractivity (Wildman–Crippen MR) is 112 cm³/mol. The molecule has 2 aliphatic heterocycles. The lowest BCUT2D eigenvalue weighted by Gasteiger charge is -2.29. The van der Waals surface area contributed by atoms with Crippen LogP contribution in [0.4, 0.5) is 8.78 Å². The molecule has 3 aromatic rings. The molecule has 2 heterocycles. The van der Waals surface area contributed by atoms with E-state index in [2.05, 4.69) is 0 Å². The molecule has 1 fully saturated rings. The summed E-state index contributed by atoms with van der Waals surface area (Å²) >= 11 is 11.7. The van der Waals surface area contributed by atoms with Gasteiger partial charge < -0.3 is 14.4 Å². The third kappa shape index (κ3) is 3.48. The summed E-state index contributed by atoms with van der Waals surface area (Å²) in [5, 5.41) is 0.802. The van der Waals surface area contributed by atoms with E-state index >= 15 is 0 Å². The highest BCUT2D eigenvalue weighted by atomic mass is 35.5. The van der Waals surface area contributed by atoms with Crippen molar-refractivity contribution >= 4 is 17.5 Å². The van der Waals surface area contributed by atoms with Crippen LogP contribution < -0.4 is 9.47 Å². The first-order valence-electron chi connectivity index (χ1n) is 10.1. The average Bonchev–Trinajstić information content (AvgIpc) is 3.41. The van der Waals surface area contributed by atoms with Crippen molar-refractivity contribution in [3.63, 3.8) is 0 Å². The van der Waals surface area contributed by atoms with E-state index in [1.807, 2.05) is 0 Å². The Balaban J connectivity index is 1.62. The summed E-state index contributed by atoms with van der Waals surface area (Å²) in [7, 11) is 0. The molecule has 1 amide bonds. The van der Waals surface area contributed by atoms with E-state index in [0.29, 0.717) is 29.2 Å². The number of ether oxygens (including phenoxy) is 2. The fourth-order valence-electron chi connectivity index (χ4n) is 4.10. The van der Waals surface area contributed by atoms with Crippen molar-refractivity contribution in [3.8, 4) is 11.5 Å². The highest BCUT2D eigenvalue weighted by Gasteiger charge is 2.48. The zero-order valence-corrected chi connectivity index (χ0v) is 18.3. The van der Waals surface area contributed by atoms with E-state index < -0.39 is 17.4 Å². The molecule has 3 aromatic carbocycles. The van der Waals surface area contributed by atoms with Gasteiger partial charge in [-0.25, -0.2) is 8.78 Å². The van der Waals surface area contributed by atoms with E-state index in [4.69, 9.17) is 32.7 Å². The number of nitrogens with zero attached hydrogens (tertiary/aromatic N) is 1. The monoisotopic (exact) mass is 476 g/mol. The molecule has 8 heteroatoms. The van der Waals surface area contributed by atoms with Gasteiger partial charge in [-0.1, -0.05) is 11.6 Å². The SMILES string of the molecule is O=C(c1cc2c(cc1F)OC(c1ccc(F)cc1)(c1ccc([ClH+])cc1Cl)O2)N1CCCC1. The molecule has 0 spiro atoms. The molecule has 2 aliphatic rings. The lowest BCUT2D eigenvalue weighted by molar-refractivity contribution is -0.288. The van der Waals surface area contributed by atoms with Crippen molar-refractivity contribution in [3.05, 3.63) is 93.0 Å².